The van der Waals surface area contributed by atoms with Gasteiger partial charge in [-0.15, -0.1) is 0 Å². The van der Waals surface area contributed by atoms with E-state index in [0.717, 1.165) is 16.8 Å². The third-order valence-corrected chi connectivity index (χ3v) is 3.99. The first-order valence-corrected chi connectivity index (χ1v) is 6.53. The van der Waals surface area contributed by atoms with Crippen LogP contribution in [0.15, 0.2) is 49.2 Å². The molecule has 5 nitrogen and oxygen atoms in total. The zero-order chi connectivity index (χ0) is 13.7. The summed E-state index contributed by atoms with van der Waals surface area (Å²) in [5, 5.41) is 11.0. The van der Waals surface area contributed by atoms with Crippen LogP contribution < -0.4 is 0 Å². The van der Waals surface area contributed by atoms with Gasteiger partial charge in [0.2, 0.25) is 0 Å². The van der Waals surface area contributed by atoms with E-state index in [1.807, 2.05) is 29.0 Å². The molecule has 1 aromatic carbocycles. The Hall–Kier alpha value is -2.40. The predicted octanol–water partition coefficient (Wildman–Crippen LogP) is 2.08. The molecule has 0 aliphatic carbocycles. The van der Waals surface area contributed by atoms with Gasteiger partial charge in [0.05, 0.1) is 24.3 Å². The van der Waals surface area contributed by atoms with Crippen LogP contribution in [0, 0.1) is 0 Å². The second-order valence-electron chi connectivity index (χ2n) is 5.26. The molecule has 2 atom stereocenters. The largest absolute Gasteiger partial charge is 0.380 e. The molecule has 3 heterocycles. The van der Waals surface area contributed by atoms with Crippen LogP contribution in [0.1, 0.15) is 24.4 Å². The molecule has 0 unspecified atom stereocenters. The second-order valence-corrected chi connectivity index (χ2v) is 5.26. The number of aromatic nitrogens is 4. The number of aliphatic hydroxyl groups is 1. The standard InChI is InChI=1S/C15H14N4O/c1-15(20,14-17-6-7-18-14)13-11-5-3-2-4-10(11)12-8-16-9-19(12)13/h2-9,13,20H,1H3,(H,17,18)/t13-,15-/m1/s1. The Morgan fingerprint density at radius 1 is 1.35 bits per heavy atom. The molecule has 2 N–H and O–H groups in total. The van der Waals surface area contributed by atoms with Crippen LogP contribution in [-0.4, -0.2) is 24.6 Å². The summed E-state index contributed by atoms with van der Waals surface area (Å²) in [4.78, 5) is 11.4. The zero-order valence-electron chi connectivity index (χ0n) is 11.0. The minimum absolute atomic E-state index is 0.234. The molecule has 0 radical (unpaired) electrons. The molecule has 0 spiro atoms. The molecule has 5 heteroatoms. The van der Waals surface area contributed by atoms with Crippen LogP contribution in [0.25, 0.3) is 11.3 Å². The first-order chi connectivity index (χ1) is 9.69. The number of H-pyrrole nitrogens is 1. The first kappa shape index (κ1) is 11.4. The van der Waals surface area contributed by atoms with E-state index in [-0.39, 0.29) is 6.04 Å². The Labute approximate surface area is 115 Å². The fourth-order valence-electron chi connectivity index (χ4n) is 3.08. The normalized spacial score (nSPS) is 19.4. The highest BCUT2D eigenvalue weighted by molar-refractivity contribution is 5.69. The van der Waals surface area contributed by atoms with E-state index in [9.17, 15) is 5.11 Å². The van der Waals surface area contributed by atoms with Gasteiger partial charge >= 0.3 is 0 Å². The zero-order valence-corrected chi connectivity index (χ0v) is 11.0. The van der Waals surface area contributed by atoms with Crippen molar-refractivity contribution < 1.29 is 5.11 Å². The van der Waals surface area contributed by atoms with E-state index in [0.29, 0.717) is 5.82 Å². The Bertz CT molecular complexity index is 758. The summed E-state index contributed by atoms with van der Waals surface area (Å²) in [5.41, 5.74) is 2.09. The lowest BCUT2D eigenvalue weighted by Gasteiger charge is -2.30. The quantitative estimate of drug-likeness (QED) is 0.746. The van der Waals surface area contributed by atoms with Gasteiger partial charge in [0.15, 0.2) is 0 Å². The number of aromatic amines is 1. The van der Waals surface area contributed by atoms with Gasteiger partial charge in [-0.25, -0.2) is 9.97 Å². The van der Waals surface area contributed by atoms with E-state index in [4.69, 9.17) is 0 Å². The minimum atomic E-state index is -1.13. The fourth-order valence-corrected chi connectivity index (χ4v) is 3.08. The van der Waals surface area contributed by atoms with E-state index in [2.05, 4.69) is 21.0 Å². The summed E-state index contributed by atoms with van der Waals surface area (Å²) in [7, 11) is 0. The number of imidazole rings is 2. The van der Waals surface area contributed by atoms with Gasteiger partial charge in [-0.3, -0.25) is 0 Å². The van der Waals surface area contributed by atoms with E-state index < -0.39 is 5.60 Å². The Morgan fingerprint density at radius 3 is 3.00 bits per heavy atom. The molecule has 0 fully saturated rings. The molecule has 2 aromatic heterocycles. The van der Waals surface area contributed by atoms with Crippen molar-refractivity contribution in [2.24, 2.45) is 0 Å². The third-order valence-electron chi connectivity index (χ3n) is 3.99. The maximum atomic E-state index is 11.0. The average molecular weight is 266 g/mol. The number of hydrogen-bond donors (Lipinski definition) is 2. The Morgan fingerprint density at radius 2 is 2.20 bits per heavy atom. The van der Waals surface area contributed by atoms with Gasteiger partial charge in [-0.05, 0) is 12.5 Å². The molecule has 0 saturated carbocycles. The number of nitrogens with one attached hydrogen (secondary N) is 1. The van der Waals surface area contributed by atoms with Crippen LogP contribution in [0.4, 0.5) is 0 Å². The summed E-state index contributed by atoms with van der Waals surface area (Å²) >= 11 is 0. The van der Waals surface area contributed by atoms with E-state index in [1.54, 1.807) is 25.6 Å². The van der Waals surface area contributed by atoms with Crippen LogP contribution in [0.2, 0.25) is 0 Å². The number of fused-ring (bicyclic) bond motifs is 3. The number of nitrogens with zero attached hydrogens (tertiary/aromatic N) is 3. The van der Waals surface area contributed by atoms with Gasteiger partial charge in [-0.1, -0.05) is 24.3 Å². The molecule has 0 saturated heterocycles. The van der Waals surface area contributed by atoms with Crippen LogP contribution in [0.5, 0.6) is 0 Å². The molecule has 4 rings (SSSR count). The third kappa shape index (κ3) is 1.35. The van der Waals surface area contributed by atoms with Crippen molar-refractivity contribution in [2.75, 3.05) is 0 Å². The van der Waals surface area contributed by atoms with Crippen molar-refractivity contribution in [1.29, 1.82) is 0 Å². The van der Waals surface area contributed by atoms with E-state index >= 15 is 0 Å². The summed E-state index contributed by atoms with van der Waals surface area (Å²) in [6, 6.07) is 7.86. The SMILES string of the molecule is C[C@](O)(c1ncc[nH]1)[C@H]1c2ccccc2-c2cncn21. The molecule has 100 valence electrons. The first-order valence-electron chi connectivity index (χ1n) is 6.53. The van der Waals surface area contributed by atoms with Crippen molar-refractivity contribution >= 4 is 0 Å². The maximum absolute atomic E-state index is 11.0. The highest BCUT2D eigenvalue weighted by Gasteiger charge is 2.43. The van der Waals surface area contributed by atoms with Crippen molar-refractivity contribution in [3.05, 3.63) is 60.6 Å². The molecular weight excluding hydrogens is 252 g/mol. The summed E-state index contributed by atoms with van der Waals surface area (Å²) in [6.45, 7) is 1.78. The predicted molar refractivity (Wildman–Crippen MR) is 74.0 cm³/mol. The highest BCUT2D eigenvalue weighted by atomic mass is 16.3. The lowest BCUT2D eigenvalue weighted by molar-refractivity contribution is 0.0106. The Balaban J connectivity index is 1.95. The fraction of sp³-hybridized carbons (Fsp3) is 0.200. The smallest absolute Gasteiger partial charge is 0.144 e. The molecule has 0 amide bonds. The summed E-state index contributed by atoms with van der Waals surface area (Å²) in [6.07, 6.45) is 6.97. The van der Waals surface area contributed by atoms with Crippen molar-refractivity contribution in [3.8, 4) is 11.3 Å². The highest BCUT2D eigenvalue weighted by Crippen LogP contribution is 2.46. The molecule has 1 aliphatic rings. The number of benzene rings is 1. The number of hydrogen-bond acceptors (Lipinski definition) is 3. The van der Waals surface area contributed by atoms with Gasteiger partial charge in [-0.2, -0.15) is 0 Å². The Kier molecular flexibility index (Phi) is 2.17. The maximum Gasteiger partial charge on any atom is 0.144 e. The molecule has 1 aliphatic heterocycles. The van der Waals surface area contributed by atoms with Gasteiger partial charge in [0, 0.05) is 18.0 Å². The van der Waals surface area contributed by atoms with E-state index in [1.165, 1.54) is 0 Å². The van der Waals surface area contributed by atoms with Crippen LogP contribution in [-0.2, 0) is 5.60 Å². The topological polar surface area (TPSA) is 66.7 Å². The molecule has 20 heavy (non-hydrogen) atoms. The lowest BCUT2D eigenvalue weighted by Crippen LogP contribution is -2.34. The van der Waals surface area contributed by atoms with Crippen molar-refractivity contribution in [1.82, 2.24) is 19.5 Å². The summed E-state index contributed by atoms with van der Waals surface area (Å²) < 4.78 is 2.01. The van der Waals surface area contributed by atoms with Crippen molar-refractivity contribution in [2.45, 2.75) is 18.6 Å². The summed E-state index contributed by atoms with van der Waals surface area (Å²) in [5.74, 6) is 0.554. The van der Waals surface area contributed by atoms with Gasteiger partial charge in [0.1, 0.15) is 11.4 Å². The van der Waals surface area contributed by atoms with Gasteiger partial charge in [0.25, 0.3) is 0 Å². The van der Waals surface area contributed by atoms with Crippen LogP contribution >= 0.6 is 0 Å². The monoisotopic (exact) mass is 266 g/mol. The average Bonchev–Trinajstić information content (AvgIpc) is 3.15. The number of rotatable bonds is 2. The molecule has 0 bridgehead atoms. The second kappa shape index (κ2) is 3.80. The van der Waals surface area contributed by atoms with Crippen molar-refractivity contribution in [3.63, 3.8) is 0 Å². The van der Waals surface area contributed by atoms with Crippen LogP contribution in [0.3, 0.4) is 0 Å². The molecular formula is C15H14N4O. The van der Waals surface area contributed by atoms with Gasteiger partial charge < -0.3 is 14.7 Å². The lowest BCUT2D eigenvalue weighted by atomic mass is 9.89. The molecule has 3 aromatic rings. The minimum Gasteiger partial charge on any atom is -0.380 e.